The van der Waals surface area contributed by atoms with Crippen molar-refractivity contribution < 1.29 is 43.1 Å². The maximum absolute atomic E-state index is 10.1. The molecule has 0 aliphatic heterocycles. The van der Waals surface area contributed by atoms with Gasteiger partial charge in [-0.1, -0.05) is 233 Å². The Labute approximate surface area is 378 Å². The number of quaternary nitrogens is 2. The van der Waals surface area contributed by atoms with Crippen molar-refractivity contribution in [2.45, 2.75) is 265 Å². The summed E-state index contributed by atoms with van der Waals surface area (Å²) in [7, 11) is 9.28. The third kappa shape index (κ3) is 73.8. The van der Waals surface area contributed by atoms with Crippen LogP contribution < -0.4 is 17.0 Å². The molecule has 58 heavy (non-hydrogen) atoms. The van der Waals surface area contributed by atoms with Gasteiger partial charge in [0.2, 0.25) is 10.4 Å². The summed E-state index contributed by atoms with van der Waals surface area (Å²) in [4.78, 5) is 0. The average Bonchev–Trinajstić information content (AvgIpc) is 3.13. The van der Waals surface area contributed by atoms with E-state index >= 15 is 0 Å². The van der Waals surface area contributed by atoms with Gasteiger partial charge in [-0.3, -0.25) is 4.18 Å². The largest absolute Gasteiger partial charge is 1.00 e. The SMILES string of the molecule is CCCCCCCCCCCCCCCC[N+](C)(C)C.CCCCCCCCCCCCCCCC[N+](C)(C)C.CCCCCCCCCCCCOS(=O)(=O)[O-].[Br-]. The van der Waals surface area contributed by atoms with Gasteiger partial charge in [0.1, 0.15) is 0 Å². The summed E-state index contributed by atoms with van der Waals surface area (Å²) < 4.78 is 36.7. The van der Waals surface area contributed by atoms with Crippen LogP contribution in [0.1, 0.15) is 265 Å². The first-order valence-electron chi connectivity index (χ1n) is 25.4. The molecule has 6 nitrogen and oxygen atoms in total. The van der Waals surface area contributed by atoms with Crippen LogP contribution in [-0.2, 0) is 14.6 Å². The molecule has 0 saturated carbocycles. The van der Waals surface area contributed by atoms with Crippen LogP contribution in [0.3, 0.4) is 0 Å². The van der Waals surface area contributed by atoms with Crippen molar-refractivity contribution in [2.75, 3.05) is 62.0 Å². The van der Waals surface area contributed by atoms with Crippen LogP contribution in [-0.4, -0.2) is 83.9 Å². The lowest BCUT2D eigenvalue weighted by Gasteiger charge is -2.23. The van der Waals surface area contributed by atoms with Crippen LogP contribution in [0.25, 0.3) is 0 Å². The van der Waals surface area contributed by atoms with E-state index in [1.54, 1.807) is 0 Å². The molecule has 0 fully saturated rings. The van der Waals surface area contributed by atoms with Crippen molar-refractivity contribution >= 4 is 10.4 Å². The van der Waals surface area contributed by atoms with Crippen molar-refractivity contribution in [3.8, 4) is 0 Å². The summed E-state index contributed by atoms with van der Waals surface area (Å²) in [6.45, 7) is 9.49. The van der Waals surface area contributed by atoms with E-state index in [-0.39, 0.29) is 23.6 Å². The highest BCUT2D eigenvalue weighted by atomic mass is 79.9. The third-order valence-electron chi connectivity index (χ3n) is 11.1. The van der Waals surface area contributed by atoms with Gasteiger partial charge in [-0.2, -0.15) is 0 Å². The van der Waals surface area contributed by atoms with Crippen molar-refractivity contribution in [3.63, 3.8) is 0 Å². The first-order valence-corrected chi connectivity index (χ1v) is 26.7. The summed E-state index contributed by atoms with van der Waals surface area (Å²) >= 11 is 0. The first-order chi connectivity index (χ1) is 27.2. The summed E-state index contributed by atoms with van der Waals surface area (Å²) in [6.07, 6.45) is 52.4. The van der Waals surface area contributed by atoms with Gasteiger partial charge in [-0.05, 0) is 32.1 Å². The van der Waals surface area contributed by atoms with Gasteiger partial charge in [0.15, 0.2) is 0 Å². The maximum atomic E-state index is 10.1. The molecule has 0 radical (unpaired) electrons. The summed E-state index contributed by atoms with van der Waals surface area (Å²) in [5.41, 5.74) is 0. The Hall–Kier alpha value is 0.270. The van der Waals surface area contributed by atoms with Gasteiger partial charge in [0.25, 0.3) is 0 Å². The first kappa shape index (κ1) is 64.9. The van der Waals surface area contributed by atoms with Crippen LogP contribution in [0.5, 0.6) is 0 Å². The normalized spacial score (nSPS) is 11.8. The van der Waals surface area contributed by atoms with Crippen molar-refractivity contribution in [1.29, 1.82) is 0 Å². The Kier molecular flexibility index (Phi) is 55.9. The Morgan fingerprint density at radius 2 is 0.500 bits per heavy atom. The van der Waals surface area contributed by atoms with E-state index < -0.39 is 10.4 Å². The lowest BCUT2D eigenvalue weighted by molar-refractivity contribution is -0.870. The summed E-state index contributed by atoms with van der Waals surface area (Å²) in [5.74, 6) is 0. The number of hydrogen-bond acceptors (Lipinski definition) is 4. The van der Waals surface area contributed by atoms with Gasteiger partial charge in [0.05, 0.1) is 62.0 Å². The standard InChI is InChI=1S/2C19H42N.C12H26O4S.BrH/c2*1-5-6-7-8-9-10-11-12-13-14-15-16-17-18-19-20(2,3)4;1-2-3-4-5-6-7-8-9-10-11-12-16-17(13,14)15;/h2*5-19H2,1-4H3;2-12H2,1H3,(H,13,14,15);1H/q2*+1;;/p-2. The van der Waals surface area contributed by atoms with E-state index in [4.69, 9.17) is 0 Å². The Morgan fingerprint density at radius 3 is 0.672 bits per heavy atom. The molecule has 0 bridgehead atoms. The molecule has 0 amide bonds. The van der Waals surface area contributed by atoms with E-state index in [1.807, 2.05) is 0 Å². The highest BCUT2D eigenvalue weighted by molar-refractivity contribution is 7.80. The fraction of sp³-hybridized carbons (Fsp3) is 1.00. The van der Waals surface area contributed by atoms with Crippen LogP contribution in [0.2, 0.25) is 0 Å². The second-order valence-corrected chi connectivity index (χ2v) is 20.7. The van der Waals surface area contributed by atoms with E-state index in [0.717, 1.165) is 21.8 Å². The molecule has 0 spiro atoms. The zero-order chi connectivity index (χ0) is 43.2. The average molecular weight is 914 g/mol. The molecule has 0 heterocycles. The minimum atomic E-state index is -4.48. The van der Waals surface area contributed by atoms with Gasteiger partial charge >= 0.3 is 0 Å². The lowest BCUT2D eigenvalue weighted by Crippen LogP contribution is -3.00. The summed E-state index contributed by atoms with van der Waals surface area (Å²) in [5, 5.41) is 0. The fourth-order valence-corrected chi connectivity index (χ4v) is 7.63. The second kappa shape index (κ2) is 49.9. The van der Waals surface area contributed by atoms with Gasteiger partial charge in [-0.25, -0.2) is 8.42 Å². The van der Waals surface area contributed by atoms with Gasteiger partial charge in [0, 0.05) is 0 Å². The fourth-order valence-electron chi connectivity index (χ4n) is 7.31. The molecule has 0 aromatic carbocycles. The van der Waals surface area contributed by atoms with Crippen LogP contribution in [0.15, 0.2) is 0 Å². The van der Waals surface area contributed by atoms with Crippen LogP contribution >= 0.6 is 0 Å². The minimum Gasteiger partial charge on any atom is -1.00 e. The topological polar surface area (TPSA) is 66.4 Å². The molecule has 0 atom stereocenters. The Bertz CT molecular complexity index is 804. The van der Waals surface area contributed by atoms with E-state index in [0.29, 0.717) is 6.42 Å². The summed E-state index contributed by atoms with van der Waals surface area (Å²) in [6, 6.07) is 0. The van der Waals surface area contributed by atoms with E-state index in [9.17, 15) is 13.0 Å². The number of nitrogens with zero attached hydrogens (tertiary/aromatic N) is 2. The molecule has 0 aromatic heterocycles. The van der Waals surface area contributed by atoms with Crippen molar-refractivity contribution in [1.82, 2.24) is 0 Å². The quantitative estimate of drug-likeness (QED) is 0.0265. The molecule has 0 unspecified atom stereocenters. The van der Waals surface area contributed by atoms with Crippen LogP contribution in [0.4, 0.5) is 0 Å². The molecule has 0 rings (SSSR count). The highest BCUT2D eigenvalue weighted by Crippen LogP contribution is 2.15. The van der Waals surface area contributed by atoms with E-state index in [1.165, 1.54) is 238 Å². The maximum Gasteiger partial charge on any atom is 0.217 e. The number of unbranched alkanes of at least 4 members (excludes halogenated alkanes) is 35. The monoisotopic (exact) mass is 913 g/mol. The molecule has 0 aliphatic rings. The predicted octanol–water partition coefficient (Wildman–Crippen LogP) is 12.7. The molecule has 0 N–H and O–H groups in total. The number of rotatable bonds is 42. The van der Waals surface area contributed by atoms with E-state index in [2.05, 4.69) is 67.2 Å². The van der Waals surface area contributed by atoms with Crippen molar-refractivity contribution in [2.24, 2.45) is 0 Å². The molecule has 0 saturated heterocycles. The lowest BCUT2D eigenvalue weighted by atomic mass is 10.0. The molecule has 0 aliphatic carbocycles. The zero-order valence-corrected chi connectivity index (χ0v) is 43.7. The second-order valence-electron chi connectivity index (χ2n) is 19.6. The molecular weight excluding hydrogens is 805 g/mol. The Morgan fingerprint density at radius 1 is 0.328 bits per heavy atom. The third-order valence-corrected chi connectivity index (χ3v) is 11.5. The van der Waals surface area contributed by atoms with Gasteiger partial charge < -0.3 is 30.5 Å². The zero-order valence-electron chi connectivity index (χ0n) is 41.3. The molecule has 0 aromatic rings. The highest BCUT2D eigenvalue weighted by Gasteiger charge is 2.06. The number of hydrogen-bond donors (Lipinski definition) is 0. The predicted molar refractivity (Wildman–Crippen MR) is 254 cm³/mol. The molecule has 8 heteroatoms. The number of halogens is 1. The van der Waals surface area contributed by atoms with Crippen LogP contribution in [0, 0.1) is 0 Å². The van der Waals surface area contributed by atoms with Crippen molar-refractivity contribution in [3.05, 3.63) is 0 Å². The minimum absolute atomic E-state index is 0. The van der Waals surface area contributed by atoms with Gasteiger partial charge in [-0.15, -0.1) is 0 Å². The molecule has 356 valence electrons. The Balaban J connectivity index is -0.000000375. The molecular formula is C50H109BrN2O4S. The smallest absolute Gasteiger partial charge is 0.217 e.